The zero-order valence-electron chi connectivity index (χ0n) is 16.2. The number of aryl methyl sites for hydroxylation is 2. The lowest BCUT2D eigenvalue weighted by Crippen LogP contribution is -2.03. The third-order valence-corrected chi connectivity index (χ3v) is 6.06. The number of carbonyl (C=O) groups excluding carboxylic acids is 1. The predicted octanol–water partition coefficient (Wildman–Crippen LogP) is 4.81. The molecule has 2 aromatic carbocycles. The second-order valence-corrected chi connectivity index (χ2v) is 7.73. The molecule has 0 aliphatic carbocycles. The first-order chi connectivity index (χ1) is 13.6. The van der Waals surface area contributed by atoms with E-state index in [-0.39, 0.29) is 5.78 Å². The lowest BCUT2D eigenvalue weighted by molar-refractivity contribution is 0.102. The van der Waals surface area contributed by atoms with Gasteiger partial charge >= 0.3 is 0 Å². The quantitative estimate of drug-likeness (QED) is 0.379. The van der Waals surface area contributed by atoms with E-state index in [1.54, 1.807) is 0 Å². The average Bonchev–Trinajstić information content (AvgIpc) is 3.30. The first-order valence-electron chi connectivity index (χ1n) is 9.30. The van der Waals surface area contributed by atoms with Crippen molar-refractivity contribution in [3.05, 3.63) is 65.4 Å². The highest BCUT2D eigenvalue weighted by Gasteiger charge is 2.17. The van der Waals surface area contributed by atoms with Crippen LogP contribution in [0.15, 0.2) is 53.8 Å². The Hall–Kier alpha value is -2.86. The molecule has 0 fully saturated rings. The van der Waals surface area contributed by atoms with Crippen LogP contribution in [-0.2, 0) is 13.5 Å². The van der Waals surface area contributed by atoms with Crippen molar-refractivity contribution < 1.29 is 4.79 Å². The molecule has 0 saturated heterocycles. The van der Waals surface area contributed by atoms with E-state index in [9.17, 15) is 4.79 Å². The van der Waals surface area contributed by atoms with Gasteiger partial charge in [0.15, 0.2) is 16.8 Å². The molecule has 0 saturated carbocycles. The zero-order chi connectivity index (χ0) is 19.7. The van der Waals surface area contributed by atoms with E-state index in [1.165, 1.54) is 17.3 Å². The van der Waals surface area contributed by atoms with Gasteiger partial charge in [0.1, 0.15) is 0 Å². The molecule has 0 unspecified atom stereocenters. The van der Waals surface area contributed by atoms with Gasteiger partial charge in [0.25, 0.3) is 0 Å². The van der Waals surface area contributed by atoms with Gasteiger partial charge in [0.2, 0.25) is 0 Å². The Balaban J connectivity index is 1.54. The van der Waals surface area contributed by atoms with Gasteiger partial charge in [-0.15, -0.1) is 10.2 Å². The number of H-pyrrole nitrogens is 1. The maximum absolute atomic E-state index is 12.8. The number of nitrogens with zero attached hydrogens (tertiary/aromatic N) is 3. The van der Waals surface area contributed by atoms with Gasteiger partial charge in [-0.05, 0) is 24.5 Å². The molecule has 5 nitrogen and oxygen atoms in total. The van der Waals surface area contributed by atoms with Crippen molar-refractivity contribution >= 4 is 28.4 Å². The molecule has 0 radical (unpaired) electrons. The van der Waals surface area contributed by atoms with Crippen LogP contribution in [0.5, 0.6) is 0 Å². The smallest absolute Gasteiger partial charge is 0.191 e. The van der Waals surface area contributed by atoms with Crippen LogP contribution < -0.4 is 0 Å². The topological polar surface area (TPSA) is 63.6 Å². The van der Waals surface area contributed by atoms with Crippen molar-refractivity contribution in [2.75, 3.05) is 5.75 Å². The molecule has 0 amide bonds. The monoisotopic (exact) mass is 390 g/mol. The fourth-order valence-corrected chi connectivity index (χ4v) is 4.24. The summed E-state index contributed by atoms with van der Waals surface area (Å²) in [5, 5.41) is 10.4. The molecule has 0 spiro atoms. The van der Waals surface area contributed by atoms with Crippen molar-refractivity contribution in [1.29, 1.82) is 0 Å². The number of ketones is 1. The molecule has 142 valence electrons. The highest BCUT2D eigenvalue weighted by molar-refractivity contribution is 7.99. The molecule has 2 heterocycles. The van der Waals surface area contributed by atoms with E-state index in [0.717, 1.165) is 45.0 Å². The Morgan fingerprint density at radius 1 is 1.14 bits per heavy atom. The van der Waals surface area contributed by atoms with Crippen molar-refractivity contribution in [3.8, 4) is 11.4 Å². The van der Waals surface area contributed by atoms with Gasteiger partial charge < -0.3 is 9.55 Å². The minimum Gasteiger partial charge on any atom is -0.360 e. The van der Waals surface area contributed by atoms with Gasteiger partial charge in [-0.25, -0.2) is 0 Å². The molecule has 4 aromatic rings. The molecule has 0 aliphatic heterocycles. The SMILES string of the molecule is CCc1cccc2c(C(=O)CSc3nnc(-c4ccccc4C)n3C)c[nH]c12. The molecule has 6 heteroatoms. The number of aromatic nitrogens is 4. The fraction of sp³-hybridized carbons (Fsp3) is 0.227. The van der Waals surface area contributed by atoms with Crippen LogP contribution in [0.25, 0.3) is 22.3 Å². The van der Waals surface area contributed by atoms with Crippen LogP contribution in [0.4, 0.5) is 0 Å². The second-order valence-electron chi connectivity index (χ2n) is 6.79. The van der Waals surface area contributed by atoms with Crippen LogP contribution >= 0.6 is 11.8 Å². The summed E-state index contributed by atoms with van der Waals surface area (Å²) in [4.78, 5) is 16.1. The normalized spacial score (nSPS) is 11.2. The Morgan fingerprint density at radius 2 is 1.96 bits per heavy atom. The number of nitrogens with one attached hydrogen (secondary N) is 1. The molecule has 1 N–H and O–H groups in total. The number of para-hydroxylation sites is 1. The summed E-state index contributed by atoms with van der Waals surface area (Å²) in [6.45, 7) is 4.18. The lowest BCUT2D eigenvalue weighted by Gasteiger charge is -2.06. The van der Waals surface area contributed by atoms with Gasteiger partial charge in [-0.3, -0.25) is 4.79 Å². The number of Topliss-reactive ketones (excluding diaryl/α,β-unsaturated/α-hetero) is 1. The van der Waals surface area contributed by atoms with Gasteiger partial charge in [0.05, 0.1) is 5.75 Å². The summed E-state index contributed by atoms with van der Waals surface area (Å²) in [6.07, 6.45) is 2.75. The number of carbonyl (C=O) groups is 1. The number of thioether (sulfide) groups is 1. The Morgan fingerprint density at radius 3 is 2.75 bits per heavy atom. The minimum absolute atomic E-state index is 0.0879. The molecular formula is C22H22N4OS. The predicted molar refractivity (Wildman–Crippen MR) is 114 cm³/mol. The molecular weight excluding hydrogens is 368 g/mol. The fourth-order valence-electron chi connectivity index (χ4n) is 3.45. The van der Waals surface area contributed by atoms with Crippen LogP contribution in [0.1, 0.15) is 28.4 Å². The van der Waals surface area contributed by atoms with Crippen LogP contribution in [0, 0.1) is 6.92 Å². The third-order valence-electron chi connectivity index (χ3n) is 5.04. The highest BCUT2D eigenvalue weighted by Crippen LogP contribution is 2.27. The largest absolute Gasteiger partial charge is 0.360 e. The van der Waals surface area contributed by atoms with Gasteiger partial charge in [0, 0.05) is 35.3 Å². The van der Waals surface area contributed by atoms with E-state index >= 15 is 0 Å². The molecule has 28 heavy (non-hydrogen) atoms. The molecule has 2 aromatic heterocycles. The highest BCUT2D eigenvalue weighted by atomic mass is 32.2. The second kappa shape index (κ2) is 7.64. The summed E-state index contributed by atoms with van der Waals surface area (Å²) in [5.41, 5.74) is 5.22. The Bertz CT molecular complexity index is 1160. The van der Waals surface area contributed by atoms with Crippen LogP contribution in [0.2, 0.25) is 0 Å². The lowest BCUT2D eigenvalue weighted by atomic mass is 10.1. The summed E-state index contributed by atoms with van der Waals surface area (Å²) in [5.74, 6) is 1.22. The Labute approximate surface area is 168 Å². The number of hydrogen-bond acceptors (Lipinski definition) is 4. The van der Waals surface area contributed by atoms with E-state index in [2.05, 4.69) is 41.2 Å². The van der Waals surface area contributed by atoms with Crippen molar-refractivity contribution in [1.82, 2.24) is 19.7 Å². The summed E-state index contributed by atoms with van der Waals surface area (Å²) in [7, 11) is 1.94. The van der Waals surface area contributed by atoms with Gasteiger partial charge in [-0.2, -0.15) is 0 Å². The number of hydrogen-bond donors (Lipinski definition) is 1. The first-order valence-corrected chi connectivity index (χ1v) is 10.3. The number of rotatable bonds is 6. The summed E-state index contributed by atoms with van der Waals surface area (Å²) in [6, 6.07) is 14.2. The maximum Gasteiger partial charge on any atom is 0.191 e. The third kappa shape index (κ3) is 3.24. The van der Waals surface area contributed by atoms with E-state index in [1.807, 2.05) is 48.1 Å². The zero-order valence-corrected chi connectivity index (χ0v) is 17.0. The van der Waals surface area contributed by atoms with Crippen LogP contribution in [0.3, 0.4) is 0 Å². The van der Waals surface area contributed by atoms with E-state index in [4.69, 9.17) is 0 Å². The standard InChI is InChI=1S/C22H22N4OS/c1-4-15-9-7-11-17-18(12-23-20(15)17)19(27)13-28-22-25-24-21(26(22)3)16-10-6-5-8-14(16)2/h5-12,23H,4,13H2,1-3H3. The summed E-state index contributed by atoms with van der Waals surface area (Å²) < 4.78 is 1.95. The van der Waals surface area contributed by atoms with Crippen molar-refractivity contribution in [2.45, 2.75) is 25.4 Å². The molecule has 0 atom stereocenters. The molecule has 4 rings (SSSR count). The maximum atomic E-state index is 12.8. The van der Waals surface area contributed by atoms with E-state index in [0.29, 0.717) is 5.75 Å². The van der Waals surface area contributed by atoms with E-state index < -0.39 is 0 Å². The summed E-state index contributed by atoms with van der Waals surface area (Å²) >= 11 is 1.42. The molecule has 0 bridgehead atoms. The van der Waals surface area contributed by atoms with Crippen molar-refractivity contribution in [2.24, 2.45) is 7.05 Å². The number of benzene rings is 2. The minimum atomic E-state index is 0.0879. The average molecular weight is 391 g/mol. The van der Waals surface area contributed by atoms with Crippen LogP contribution in [-0.4, -0.2) is 31.3 Å². The van der Waals surface area contributed by atoms with Crippen molar-refractivity contribution in [3.63, 3.8) is 0 Å². The van der Waals surface area contributed by atoms with Gasteiger partial charge in [-0.1, -0.05) is 61.2 Å². The Kier molecular flexibility index (Phi) is 5.05. The number of fused-ring (bicyclic) bond motifs is 1. The number of aromatic amines is 1. The molecule has 0 aliphatic rings. The first kappa shape index (κ1) is 18.5.